The van der Waals surface area contributed by atoms with Gasteiger partial charge in [-0.3, -0.25) is 0 Å². The molecular weight excluding hydrogens is 176 g/mol. The fourth-order valence-electron chi connectivity index (χ4n) is 1.42. The highest BCUT2D eigenvalue weighted by Gasteiger charge is 2.10. The third kappa shape index (κ3) is 2.60. The molecule has 74 valence electrons. The van der Waals surface area contributed by atoms with Gasteiger partial charge in [0.2, 0.25) is 0 Å². The van der Waals surface area contributed by atoms with Crippen LogP contribution in [-0.4, -0.2) is 12.7 Å². The van der Waals surface area contributed by atoms with Crippen LogP contribution in [0.1, 0.15) is 12.0 Å². The molecule has 0 spiro atoms. The number of hydrogen-bond acceptors (Lipinski definition) is 2. The summed E-state index contributed by atoms with van der Waals surface area (Å²) < 4.78 is 10.8. The lowest BCUT2D eigenvalue weighted by molar-refractivity contribution is 0.0310. The van der Waals surface area contributed by atoms with Crippen LogP contribution in [0.3, 0.4) is 0 Å². The highest BCUT2D eigenvalue weighted by Crippen LogP contribution is 2.10. The van der Waals surface area contributed by atoms with Crippen LogP contribution in [0.4, 0.5) is 0 Å². The first-order valence-corrected chi connectivity index (χ1v) is 4.87. The minimum Gasteiger partial charge on any atom is -0.496 e. The molecule has 1 aromatic rings. The molecule has 2 nitrogen and oxygen atoms in total. The zero-order chi connectivity index (χ0) is 9.64. The van der Waals surface area contributed by atoms with Gasteiger partial charge in [-0.05, 0) is 11.6 Å². The Bertz CT molecular complexity index is 284. The maximum absolute atomic E-state index is 5.54. The Morgan fingerprint density at radius 1 is 1.29 bits per heavy atom. The summed E-state index contributed by atoms with van der Waals surface area (Å²) in [6, 6.07) is 10.2. The lowest BCUT2D eigenvalue weighted by Gasteiger charge is -2.10. The van der Waals surface area contributed by atoms with Crippen molar-refractivity contribution < 1.29 is 9.47 Å². The minimum atomic E-state index is 0.221. The number of rotatable bonds is 4. The highest BCUT2D eigenvalue weighted by molar-refractivity contribution is 5.13. The Morgan fingerprint density at radius 3 is 2.86 bits per heavy atom. The average molecular weight is 190 g/mol. The molecule has 1 heterocycles. The van der Waals surface area contributed by atoms with Crippen molar-refractivity contribution in [2.75, 3.05) is 6.61 Å². The summed E-state index contributed by atoms with van der Waals surface area (Å²) >= 11 is 0. The van der Waals surface area contributed by atoms with Crippen LogP contribution in [-0.2, 0) is 16.1 Å². The minimum absolute atomic E-state index is 0.221. The van der Waals surface area contributed by atoms with Gasteiger partial charge < -0.3 is 9.47 Å². The second-order valence-electron chi connectivity index (χ2n) is 3.37. The van der Waals surface area contributed by atoms with Crippen molar-refractivity contribution >= 4 is 0 Å². The van der Waals surface area contributed by atoms with Gasteiger partial charge in [0.1, 0.15) is 6.10 Å². The molecule has 0 fully saturated rings. The van der Waals surface area contributed by atoms with Crippen molar-refractivity contribution in [1.29, 1.82) is 0 Å². The van der Waals surface area contributed by atoms with E-state index in [4.69, 9.17) is 9.47 Å². The van der Waals surface area contributed by atoms with E-state index in [2.05, 4.69) is 12.1 Å². The molecule has 1 atom stereocenters. The summed E-state index contributed by atoms with van der Waals surface area (Å²) in [5.74, 6) is 0. The van der Waals surface area contributed by atoms with E-state index in [0.717, 1.165) is 6.42 Å². The summed E-state index contributed by atoms with van der Waals surface area (Å²) in [7, 11) is 0. The lowest BCUT2D eigenvalue weighted by Crippen LogP contribution is -2.13. The van der Waals surface area contributed by atoms with E-state index in [1.54, 1.807) is 6.26 Å². The maximum Gasteiger partial charge on any atom is 0.125 e. The quantitative estimate of drug-likeness (QED) is 0.726. The molecule has 0 saturated carbocycles. The summed E-state index contributed by atoms with van der Waals surface area (Å²) in [6.07, 6.45) is 4.96. The predicted molar refractivity (Wildman–Crippen MR) is 54.7 cm³/mol. The molecule has 0 N–H and O–H groups in total. The van der Waals surface area contributed by atoms with Crippen molar-refractivity contribution in [2.45, 2.75) is 19.1 Å². The molecular formula is C12H14O2. The van der Waals surface area contributed by atoms with E-state index < -0.39 is 0 Å². The second kappa shape index (κ2) is 4.82. The SMILES string of the molecule is C1=CO[C@H](COCc2ccccc2)C1. The third-order valence-corrected chi connectivity index (χ3v) is 2.18. The first-order chi connectivity index (χ1) is 6.95. The Kier molecular flexibility index (Phi) is 3.19. The van der Waals surface area contributed by atoms with Gasteiger partial charge in [-0.25, -0.2) is 0 Å². The van der Waals surface area contributed by atoms with Crippen molar-refractivity contribution in [3.05, 3.63) is 48.2 Å². The molecule has 14 heavy (non-hydrogen) atoms. The van der Waals surface area contributed by atoms with Crippen molar-refractivity contribution in [1.82, 2.24) is 0 Å². The number of ether oxygens (including phenoxy) is 2. The van der Waals surface area contributed by atoms with Crippen molar-refractivity contribution in [2.24, 2.45) is 0 Å². The van der Waals surface area contributed by atoms with Gasteiger partial charge in [0, 0.05) is 6.42 Å². The van der Waals surface area contributed by atoms with Gasteiger partial charge in [0.15, 0.2) is 0 Å². The first kappa shape index (κ1) is 9.28. The summed E-state index contributed by atoms with van der Waals surface area (Å²) in [5, 5.41) is 0. The van der Waals surface area contributed by atoms with Crippen LogP contribution in [0.2, 0.25) is 0 Å². The fraction of sp³-hybridized carbons (Fsp3) is 0.333. The highest BCUT2D eigenvalue weighted by atomic mass is 16.5. The van der Waals surface area contributed by atoms with Gasteiger partial charge in [-0.1, -0.05) is 30.3 Å². The van der Waals surface area contributed by atoms with E-state index in [1.807, 2.05) is 24.3 Å². The van der Waals surface area contributed by atoms with E-state index in [9.17, 15) is 0 Å². The summed E-state index contributed by atoms with van der Waals surface area (Å²) in [6.45, 7) is 1.34. The Balaban J connectivity index is 1.68. The van der Waals surface area contributed by atoms with Crippen LogP contribution in [0, 0.1) is 0 Å². The first-order valence-electron chi connectivity index (χ1n) is 4.87. The molecule has 0 aliphatic carbocycles. The molecule has 0 amide bonds. The molecule has 2 rings (SSSR count). The lowest BCUT2D eigenvalue weighted by atomic mass is 10.2. The molecule has 0 unspecified atom stereocenters. The van der Waals surface area contributed by atoms with E-state index in [1.165, 1.54) is 5.56 Å². The molecule has 1 aliphatic rings. The molecule has 1 aliphatic heterocycles. The standard InChI is InChI=1S/C12H14O2/c1-2-5-11(6-3-1)9-13-10-12-7-4-8-14-12/h1-6,8,12H,7,9-10H2/t12-/m0/s1. The predicted octanol–water partition coefficient (Wildman–Crippen LogP) is 2.51. The smallest absolute Gasteiger partial charge is 0.125 e. The largest absolute Gasteiger partial charge is 0.496 e. The fourth-order valence-corrected chi connectivity index (χ4v) is 1.42. The van der Waals surface area contributed by atoms with Crippen LogP contribution >= 0.6 is 0 Å². The topological polar surface area (TPSA) is 18.5 Å². The molecule has 1 aromatic carbocycles. The van der Waals surface area contributed by atoms with E-state index in [-0.39, 0.29) is 6.10 Å². The Hall–Kier alpha value is -1.28. The normalized spacial score (nSPS) is 19.6. The van der Waals surface area contributed by atoms with Gasteiger partial charge in [0.05, 0.1) is 19.5 Å². The van der Waals surface area contributed by atoms with Crippen molar-refractivity contribution in [3.63, 3.8) is 0 Å². The van der Waals surface area contributed by atoms with Crippen LogP contribution in [0.5, 0.6) is 0 Å². The Labute approximate surface area is 84.2 Å². The van der Waals surface area contributed by atoms with Crippen LogP contribution < -0.4 is 0 Å². The van der Waals surface area contributed by atoms with Gasteiger partial charge in [-0.15, -0.1) is 0 Å². The molecule has 0 bridgehead atoms. The number of hydrogen-bond donors (Lipinski definition) is 0. The average Bonchev–Trinajstić information content (AvgIpc) is 2.72. The molecule has 2 heteroatoms. The molecule has 0 radical (unpaired) electrons. The second-order valence-corrected chi connectivity index (χ2v) is 3.37. The van der Waals surface area contributed by atoms with E-state index >= 15 is 0 Å². The van der Waals surface area contributed by atoms with Gasteiger partial charge in [0.25, 0.3) is 0 Å². The summed E-state index contributed by atoms with van der Waals surface area (Å²) in [5.41, 5.74) is 1.21. The zero-order valence-corrected chi connectivity index (χ0v) is 8.06. The van der Waals surface area contributed by atoms with Crippen molar-refractivity contribution in [3.8, 4) is 0 Å². The Morgan fingerprint density at radius 2 is 2.14 bits per heavy atom. The summed E-state index contributed by atoms with van der Waals surface area (Å²) in [4.78, 5) is 0. The van der Waals surface area contributed by atoms with Crippen LogP contribution in [0.25, 0.3) is 0 Å². The molecule has 0 saturated heterocycles. The monoisotopic (exact) mass is 190 g/mol. The maximum atomic E-state index is 5.54. The number of benzene rings is 1. The van der Waals surface area contributed by atoms with Crippen LogP contribution in [0.15, 0.2) is 42.7 Å². The van der Waals surface area contributed by atoms with Gasteiger partial charge >= 0.3 is 0 Å². The molecule has 0 aromatic heterocycles. The zero-order valence-electron chi connectivity index (χ0n) is 8.06. The van der Waals surface area contributed by atoms with Gasteiger partial charge in [-0.2, -0.15) is 0 Å². The van der Waals surface area contributed by atoms with E-state index in [0.29, 0.717) is 13.2 Å². The third-order valence-electron chi connectivity index (χ3n) is 2.18.